The first-order valence-electron chi connectivity index (χ1n) is 5.67. The summed E-state index contributed by atoms with van der Waals surface area (Å²) < 4.78 is 0. The first kappa shape index (κ1) is 12.4. The summed E-state index contributed by atoms with van der Waals surface area (Å²) in [5.41, 5.74) is -0.0389. The van der Waals surface area contributed by atoms with Crippen LogP contribution < -0.4 is 5.32 Å². The minimum absolute atomic E-state index is 0.0283. The van der Waals surface area contributed by atoms with E-state index in [-0.39, 0.29) is 17.7 Å². The number of carbonyl (C=O) groups excluding carboxylic acids is 1. The molecule has 1 unspecified atom stereocenters. The highest BCUT2D eigenvalue weighted by Gasteiger charge is 2.50. The van der Waals surface area contributed by atoms with E-state index in [1.54, 1.807) is 38.1 Å². The van der Waals surface area contributed by atoms with Crippen molar-refractivity contribution < 1.29 is 9.90 Å². The molecule has 1 aliphatic carbocycles. The van der Waals surface area contributed by atoms with Crippen LogP contribution in [0.1, 0.15) is 20.3 Å². The zero-order chi connectivity index (χ0) is 12.6. The van der Waals surface area contributed by atoms with Gasteiger partial charge in [-0.2, -0.15) is 0 Å². The van der Waals surface area contributed by atoms with Crippen LogP contribution in [0.15, 0.2) is 24.3 Å². The SMILES string of the molecule is CC(C)(O)C1C[C@H]1C(=O)Nc1ccc(Cl)cc1. The van der Waals surface area contributed by atoms with Crippen molar-refractivity contribution >= 4 is 23.2 Å². The summed E-state index contributed by atoms with van der Waals surface area (Å²) in [6.45, 7) is 3.49. The number of aliphatic hydroxyl groups is 1. The van der Waals surface area contributed by atoms with Crippen LogP contribution in [0.3, 0.4) is 0 Å². The maximum atomic E-state index is 11.9. The molecule has 1 aromatic rings. The van der Waals surface area contributed by atoms with Gasteiger partial charge < -0.3 is 10.4 Å². The average Bonchev–Trinajstić information content (AvgIpc) is 3.00. The summed E-state index contributed by atoms with van der Waals surface area (Å²) in [5.74, 6) is -0.0417. The second-order valence-corrected chi connectivity index (χ2v) is 5.53. The van der Waals surface area contributed by atoms with Gasteiger partial charge in [0.25, 0.3) is 0 Å². The largest absolute Gasteiger partial charge is 0.390 e. The van der Waals surface area contributed by atoms with E-state index in [2.05, 4.69) is 5.32 Å². The zero-order valence-corrected chi connectivity index (χ0v) is 10.7. The summed E-state index contributed by atoms with van der Waals surface area (Å²) in [7, 11) is 0. The van der Waals surface area contributed by atoms with Gasteiger partial charge in [-0.15, -0.1) is 0 Å². The summed E-state index contributed by atoms with van der Waals surface area (Å²) in [5, 5.41) is 13.2. The molecule has 2 atom stereocenters. The lowest BCUT2D eigenvalue weighted by Crippen LogP contribution is -2.26. The number of nitrogens with one attached hydrogen (secondary N) is 1. The third-order valence-corrected chi connectivity index (χ3v) is 3.40. The highest BCUT2D eigenvalue weighted by atomic mass is 35.5. The van der Waals surface area contributed by atoms with E-state index in [0.29, 0.717) is 5.02 Å². The standard InChI is InChI=1S/C13H16ClNO2/c1-13(2,17)11-7-10(11)12(16)15-9-5-3-8(14)4-6-9/h3-6,10-11,17H,7H2,1-2H3,(H,15,16)/t10-,11?/m1/s1. The van der Waals surface area contributed by atoms with Crippen LogP contribution in [-0.2, 0) is 4.79 Å². The summed E-state index contributed by atoms with van der Waals surface area (Å²) in [4.78, 5) is 11.9. The van der Waals surface area contributed by atoms with Crippen molar-refractivity contribution in [3.8, 4) is 0 Å². The van der Waals surface area contributed by atoms with Crippen LogP contribution in [0.4, 0.5) is 5.69 Å². The van der Waals surface area contributed by atoms with Crippen molar-refractivity contribution in [1.82, 2.24) is 0 Å². The van der Waals surface area contributed by atoms with Gasteiger partial charge >= 0.3 is 0 Å². The number of amides is 1. The monoisotopic (exact) mass is 253 g/mol. The Bertz CT molecular complexity index is 422. The lowest BCUT2D eigenvalue weighted by atomic mass is 10.0. The minimum atomic E-state index is -0.776. The van der Waals surface area contributed by atoms with E-state index in [4.69, 9.17) is 11.6 Å². The molecule has 0 bridgehead atoms. The predicted molar refractivity (Wildman–Crippen MR) is 68.0 cm³/mol. The van der Waals surface area contributed by atoms with Gasteiger partial charge in [-0.05, 0) is 50.5 Å². The average molecular weight is 254 g/mol. The Kier molecular flexibility index (Phi) is 3.15. The van der Waals surface area contributed by atoms with Gasteiger partial charge in [0.15, 0.2) is 0 Å². The van der Waals surface area contributed by atoms with Crippen molar-refractivity contribution in [2.75, 3.05) is 5.32 Å². The highest BCUT2D eigenvalue weighted by Crippen LogP contribution is 2.46. The number of carbonyl (C=O) groups is 1. The molecule has 0 aromatic heterocycles. The smallest absolute Gasteiger partial charge is 0.227 e. The molecule has 0 saturated heterocycles. The normalized spacial score (nSPS) is 23.3. The number of benzene rings is 1. The van der Waals surface area contributed by atoms with Crippen LogP contribution in [0.2, 0.25) is 5.02 Å². The van der Waals surface area contributed by atoms with Crippen molar-refractivity contribution in [2.45, 2.75) is 25.9 Å². The van der Waals surface area contributed by atoms with Gasteiger partial charge in [-0.25, -0.2) is 0 Å². The first-order chi connectivity index (χ1) is 7.88. The first-order valence-corrected chi connectivity index (χ1v) is 6.04. The van der Waals surface area contributed by atoms with Crippen LogP contribution in [0, 0.1) is 11.8 Å². The molecule has 1 aliphatic rings. The topological polar surface area (TPSA) is 49.3 Å². The Balaban J connectivity index is 1.93. The summed E-state index contributed by atoms with van der Waals surface area (Å²) in [6.07, 6.45) is 0.753. The quantitative estimate of drug-likeness (QED) is 0.870. The van der Waals surface area contributed by atoms with E-state index >= 15 is 0 Å². The molecule has 1 fully saturated rings. The molecule has 4 heteroatoms. The fourth-order valence-corrected chi connectivity index (χ4v) is 2.16. The Hall–Kier alpha value is -1.06. The zero-order valence-electron chi connectivity index (χ0n) is 9.90. The Labute approximate surface area is 106 Å². The number of anilines is 1. The van der Waals surface area contributed by atoms with Gasteiger partial charge in [0.2, 0.25) is 5.91 Å². The number of hydrogen-bond acceptors (Lipinski definition) is 2. The van der Waals surface area contributed by atoms with Crippen molar-refractivity contribution in [1.29, 1.82) is 0 Å². The molecule has 2 rings (SSSR count). The number of rotatable bonds is 3. The van der Waals surface area contributed by atoms with Crippen molar-refractivity contribution in [2.24, 2.45) is 11.8 Å². The second kappa shape index (κ2) is 4.31. The van der Waals surface area contributed by atoms with Crippen LogP contribution in [-0.4, -0.2) is 16.6 Å². The van der Waals surface area contributed by atoms with E-state index in [0.717, 1.165) is 12.1 Å². The fourth-order valence-electron chi connectivity index (χ4n) is 2.03. The third kappa shape index (κ3) is 2.99. The molecule has 92 valence electrons. The Morgan fingerprint density at radius 1 is 1.41 bits per heavy atom. The minimum Gasteiger partial charge on any atom is -0.390 e. The maximum absolute atomic E-state index is 11.9. The van der Waals surface area contributed by atoms with Crippen LogP contribution in [0.25, 0.3) is 0 Å². The molecule has 1 aromatic carbocycles. The molecular weight excluding hydrogens is 238 g/mol. The summed E-state index contributed by atoms with van der Waals surface area (Å²) >= 11 is 5.76. The molecular formula is C13H16ClNO2. The van der Waals surface area contributed by atoms with Crippen LogP contribution in [0.5, 0.6) is 0 Å². The van der Waals surface area contributed by atoms with E-state index in [9.17, 15) is 9.90 Å². The molecule has 1 saturated carbocycles. The van der Waals surface area contributed by atoms with Gasteiger partial charge in [0, 0.05) is 16.6 Å². The molecule has 0 radical (unpaired) electrons. The van der Waals surface area contributed by atoms with Gasteiger partial charge in [0.05, 0.1) is 5.60 Å². The molecule has 3 nitrogen and oxygen atoms in total. The van der Waals surface area contributed by atoms with Gasteiger partial charge in [-0.3, -0.25) is 4.79 Å². The van der Waals surface area contributed by atoms with Gasteiger partial charge in [0.1, 0.15) is 0 Å². The van der Waals surface area contributed by atoms with Crippen molar-refractivity contribution in [3.05, 3.63) is 29.3 Å². The third-order valence-electron chi connectivity index (χ3n) is 3.15. The van der Waals surface area contributed by atoms with Crippen molar-refractivity contribution in [3.63, 3.8) is 0 Å². The number of halogens is 1. The Morgan fingerprint density at radius 3 is 2.47 bits per heavy atom. The predicted octanol–water partition coefficient (Wildman–Crippen LogP) is 2.69. The van der Waals surface area contributed by atoms with E-state index < -0.39 is 5.60 Å². The number of hydrogen-bond donors (Lipinski definition) is 2. The Morgan fingerprint density at radius 2 is 2.00 bits per heavy atom. The molecule has 0 heterocycles. The fraction of sp³-hybridized carbons (Fsp3) is 0.462. The van der Waals surface area contributed by atoms with E-state index in [1.807, 2.05) is 0 Å². The molecule has 0 aliphatic heterocycles. The lowest BCUT2D eigenvalue weighted by Gasteiger charge is -2.16. The maximum Gasteiger partial charge on any atom is 0.227 e. The molecule has 2 N–H and O–H groups in total. The lowest BCUT2D eigenvalue weighted by molar-refractivity contribution is -0.118. The second-order valence-electron chi connectivity index (χ2n) is 5.10. The molecule has 17 heavy (non-hydrogen) atoms. The van der Waals surface area contributed by atoms with E-state index in [1.165, 1.54) is 0 Å². The summed E-state index contributed by atoms with van der Waals surface area (Å²) in [6, 6.07) is 7.00. The van der Waals surface area contributed by atoms with Crippen LogP contribution >= 0.6 is 11.6 Å². The van der Waals surface area contributed by atoms with Gasteiger partial charge in [-0.1, -0.05) is 11.6 Å². The molecule has 1 amide bonds. The molecule has 0 spiro atoms. The highest BCUT2D eigenvalue weighted by molar-refractivity contribution is 6.30.